The molecule has 1 fully saturated rings. The van der Waals surface area contributed by atoms with Crippen molar-refractivity contribution in [3.8, 4) is 0 Å². The molecule has 0 aliphatic carbocycles. The molecule has 0 aromatic carbocycles. The fraction of sp³-hybridized carbons (Fsp3) is 0.667. The molecular weight excluding hydrogens is 216 g/mol. The molecule has 2 heterocycles. The van der Waals surface area contributed by atoms with Crippen molar-refractivity contribution in [2.75, 3.05) is 20.1 Å². The Balaban J connectivity index is 1.72. The first kappa shape index (κ1) is 12.1. The van der Waals surface area contributed by atoms with Crippen LogP contribution in [-0.4, -0.2) is 46.8 Å². The standard InChI is InChI=1S/C12H20N4O/c1-15-9-10(3-4-12(15)17)13-7-5-11-6-8-14-16(11)2/h6,8,10,13H,3-5,7,9H2,1-2H3. The predicted molar refractivity (Wildman–Crippen MR) is 65.6 cm³/mol. The molecule has 1 atom stereocenters. The molecule has 0 radical (unpaired) electrons. The molecule has 1 amide bonds. The van der Waals surface area contributed by atoms with Gasteiger partial charge in [-0.1, -0.05) is 0 Å². The Labute approximate surface area is 102 Å². The van der Waals surface area contributed by atoms with E-state index in [9.17, 15) is 4.79 Å². The maximum absolute atomic E-state index is 11.3. The van der Waals surface area contributed by atoms with Crippen LogP contribution in [0.15, 0.2) is 12.3 Å². The zero-order valence-corrected chi connectivity index (χ0v) is 10.5. The molecule has 0 bridgehead atoms. The molecular formula is C12H20N4O. The second-order valence-corrected chi connectivity index (χ2v) is 4.66. The van der Waals surface area contributed by atoms with Crippen molar-refractivity contribution >= 4 is 5.91 Å². The van der Waals surface area contributed by atoms with Gasteiger partial charge >= 0.3 is 0 Å². The number of aryl methyl sites for hydroxylation is 1. The molecule has 0 saturated carbocycles. The molecule has 1 aromatic heterocycles. The maximum atomic E-state index is 11.3. The number of likely N-dealkylation sites (tertiary alicyclic amines) is 1. The monoisotopic (exact) mass is 236 g/mol. The fourth-order valence-corrected chi connectivity index (χ4v) is 2.23. The summed E-state index contributed by atoms with van der Waals surface area (Å²) in [4.78, 5) is 13.1. The lowest BCUT2D eigenvalue weighted by Crippen LogP contribution is -2.47. The second-order valence-electron chi connectivity index (χ2n) is 4.66. The van der Waals surface area contributed by atoms with Crippen molar-refractivity contribution < 1.29 is 4.79 Å². The summed E-state index contributed by atoms with van der Waals surface area (Å²) in [6.45, 7) is 1.76. The van der Waals surface area contributed by atoms with E-state index in [0.29, 0.717) is 12.5 Å². The van der Waals surface area contributed by atoms with Crippen molar-refractivity contribution in [3.63, 3.8) is 0 Å². The molecule has 94 valence electrons. The number of likely N-dealkylation sites (N-methyl/N-ethyl adjacent to an activating group) is 1. The highest BCUT2D eigenvalue weighted by Crippen LogP contribution is 2.09. The van der Waals surface area contributed by atoms with Gasteiger partial charge in [-0.25, -0.2) is 0 Å². The number of hydrogen-bond acceptors (Lipinski definition) is 3. The van der Waals surface area contributed by atoms with Gasteiger partial charge in [0.05, 0.1) is 0 Å². The molecule has 5 nitrogen and oxygen atoms in total. The van der Waals surface area contributed by atoms with Crippen molar-refractivity contribution in [3.05, 3.63) is 18.0 Å². The van der Waals surface area contributed by atoms with Gasteiger partial charge in [0.2, 0.25) is 5.91 Å². The minimum Gasteiger partial charge on any atom is -0.344 e. The van der Waals surface area contributed by atoms with Crippen LogP contribution in [0.25, 0.3) is 0 Å². The van der Waals surface area contributed by atoms with Gasteiger partial charge in [0.1, 0.15) is 0 Å². The largest absolute Gasteiger partial charge is 0.344 e. The third-order valence-corrected chi connectivity index (χ3v) is 3.36. The van der Waals surface area contributed by atoms with Crippen LogP contribution in [0.2, 0.25) is 0 Å². The SMILES string of the molecule is CN1CC(NCCc2ccnn2C)CCC1=O. The van der Waals surface area contributed by atoms with Gasteiger partial charge in [-0.15, -0.1) is 0 Å². The number of nitrogens with one attached hydrogen (secondary N) is 1. The summed E-state index contributed by atoms with van der Waals surface area (Å²) in [5.41, 5.74) is 1.23. The molecule has 17 heavy (non-hydrogen) atoms. The number of aromatic nitrogens is 2. The number of carbonyl (C=O) groups excluding carboxylic acids is 1. The summed E-state index contributed by atoms with van der Waals surface area (Å²) in [5.74, 6) is 0.259. The van der Waals surface area contributed by atoms with Crippen molar-refractivity contribution in [1.29, 1.82) is 0 Å². The van der Waals surface area contributed by atoms with E-state index in [1.54, 1.807) is 0 Å². The fourth-order valence-electron chi connectivity index (χ4n) is 2.23. The summed E-state index contributed by atoms with van der Waals surface area (Å²) in [6, 6.07) is 2.48. The number of piperidine rings is 1. The minimum atomic E-state index is 0.259. The molecule has 1 aromatic rings. The van der Waals surface area contributed by atoms with E-state index >= 15 is 0 Å². The average Bonchev–Trinajstić information content (AvgIpc) is 2.70. The molecule has 0 spiro atoms. The second kappa shape index (κ2) is 5.31. The van der Waals surface area contributed by atoms with E-state index in [2.05, 4.69) is 10.4 Å². The van der Waals surface area contributed by atoms with E-state index in [0.717, 1.165) is 25.9 Å². The highest BCUT2D eigenvalue weighted by Gasteiger charge is 2.21. The number of rotatable bonds is 4. The quantitative estimate of drug-likeness (QED) is 0.811. The molecule has 1 N–H and O–H groups in total. The molecule has 1 saturated heterocycles. The predicted octanol–water partition coefficient (Wildman–Crippen LogP) is 0.173. The summed E-state index contributed by atoms with van der Waals surface area (Å²) < 4.78 is 1.90. The van der Waals surface area contributed by atoms with E-state index in [1.165, 1.54) is 5.69 Å². The summed E-state index contributed by atoms with van der Waals surface area (Å²) in [6.07, 6.45) is 4.42. The lowest BCUT2D eigenvalue weighted by Gasteiger charge is -2.30. The van der Waals surface area contributed by atoms with Crippen molar-refractivity contribution in [2.45, 2.75) is 25.3 Å². The zero-order chi connectivity index (χ0) is 12.3. The maximum Gasteiger partial charge on any atom is 0.222 e. The highest BCUT2D eigenvalue weighted by atomic mass is 16.2. The molecule has 5 heteroatoms. The van der Waals surface area contributed by atoms with Crippen LogP contribution in [0.1, 0.15) is 18.5 Å². The van der Waals surface area contributed by atoms with Gasteiger partial charge in [-0.3, -0.25) is 9.48 Å². The Bertz CT molecular complexity index is 388. The molecule has 1 aliphatic heterocycles. The Kier molecular flexibility index (Phi) is 3.78. The van der Waals surface area contributed by atoms with Crippen LogP contribution in [0.4, 0.5) is 0 Å². The number of nitrogens with zero attached hydrogens (tertiary/aromatic N) is 3. The van der Waals surface area contributed by atoms with E-state index in [-0.39, 0.29) is 5.91 Å². The van der Waals surface area contributed by atoms with E-state index in [4.69, 9.17) is 0 Å². The van der Waals surface area contributed by atoms with Crippen LogP contribution in [-0.2, 0) is 18.3 Å². The summed E-state index contributed by atoms with van der Waals surface area (Å²) in [5, 5.41) is 7.64. The average molecular weight is 236 g/mol. The van der Waals surface area contributed by atoms with Crippen molar-refractivity contribution in [2.24, 2.45) is 7.05 Å². The van der Waals surface area contributed by atoms with Crippen LogP contribution < -0.4 is 5.32 Å². The van der Waals surface area contributed by atoms with Gasteiger partial charge in [0.25, 0.3) is 0 Å². The van der Waals surface area contributed by atoms with E-state index < -0.39 is 0 Å². The van der Waals surface area contributed by atoms with E-state index in [1.807, 2.05) is 35.9 Å². The Morgan fingerprint density at radius 3 is 3.00 bits per heavy atom. The van der Waals surface area contributed by atoms with Crippen LogP contribution in [0.5, 0.6) is 0 Å². The minimum absolute atomic E-state index is 0.259. The number of carbonyl (C=O) groups is 1. The Hall–Kier alpha value is -1.36. The lowest BCUT2D eigenvalue weighted by atomic mass is 10.1. The Morgan fingerprint density at radius 1 is 1.53 bits per heavy atom. The van der Waals surface area contributed by atoms with Crippen LogP contribution in [0.3, 0.4) is 0 Å². The first-order valence-electron chi connectivity index (χ1n) is 6.11. The third kappa shape index (κ3) is 3.06. The Morgan fingerprint density at radius 2 is 2.35 bits per heavy atom. The van der Waals surface area contributed by atoms with Crippen LogP contribution in [0, 0.1) is 0 Å². The van der Waals surface area contributed by atoms with Gasteiger partial charge < -0.3 is 10.2 Å². The van der Waals surface area contributed by atoms with Gasteiger partial charge in [0, 0.05) is 58.0 Å². The first-order chi connectivity index (χ1) is 8.16. The van der Waals surface area contributed by atoms with Gasteiger partial charge in [-0.2, -0.15) is 5.10 Å². The zero-order valence-electron chi connectivity index (χ0n) is 10.5. The summed E-state index contributed by atoms with van der Waals surface area (Å²) >= 11 is 0. The molecule has 1 unspecified atom stereocenters. The molecule has 2 rings (SSSR count). The number of hydrogen-bond donors (Lipinski definition) is 1. The van der Waals surface area contributed by atoms with Gasteiger partial charge in [-0.05, 0) is 12.5 Å². The number of amides is 1. The normalized spacial score (nSPS) is 20.9. The van der Waals surface area contributed by atoms with Gasteiger partial charge in [0.15, 0.2) is 0 Å². The topological polar surface area (TPSA) is 50.2 Å². The smallest absolute Gasteiger partial charge is 0.222 e. The van der Waals surface area contributed by atoms with Crippen LogP contribution >= 0.6 is 0 Å². The highest BCUT2D eigenvalue weighted by molar-refractivity contribution is 5.76. The van der Waals surface area contributed by atoms with Crippen molar-refractivity contribution in [1.82, 2.24) is 20.0 Å². The lowest BCUT2D eigenvalue weighted by molar-refractivity contribution is -0.132. The first-order valence-corrected chi connectivity index (χ1v) is 6.11. The molecule has 1 aliphatic rings. The summed E-state index contributed by atoms with van der Waals surface area (Å²) in [7, 11) is 3.83. The third-order valence-electron chi connectivity index (χ3n) is 3.36.